The lowest BCUT2D eigenvalue weighted by Crippen LogP contribution is -2.19. The number of benzene rings is 2. The fraction of sp³-hybridized carbons (Fsp3) is 0.167. The molecule has 0 saturated carbocycles. The zero-order valence-electron chi connectivity index (χ0n) is 12.5. The monoisotopic (exact) mass is 330 g/mol. The van der Waals surface area contributed by atoms with Gasteiger partial charge >= 0.3 is 0 Å². The van der Waals surface area contributed by atoms with Crippen molar-refractivity contribution in [1.29, 1.82) is 0 Å². The van der Waals surface area contributed by atoms with Crippen LogP contribution in [0.1, 0.15) is 17.2 Å². The molecule has 3 nitrogen and oxygen atoms in total. The second-order valence-corrected chi connectivity index (χ2v) is 5.76. The van der Waals surface area contributed by atoms with Crippen molar-refractivity contribution in [3.63, 3.8) is 0 Å². The molecule has 0 amide bonds. The standard InChI is InChI=1S/C18H13F3N2O/c19-13-6-4-12(5-7-13)18(10-23-9-8-22-11-23)17(24-18)16-14(20)2-1-3-15(16)21/h1-9,11,17H,10H2/t17-,18+/m0/s1. The normalized spacial score (nSPS) is 22.5. The van der Waals surface area contributed by atoms with Gasteiger partial charge in [0.05, 0.1) is 18.4 Å². The molecule has 0 N–H and O–H groups in total. The molecule has 1 aliphatic heterocycles. The Morgan fingerprint density at radius 2 is 1.75 bits per heavy atom. The summed E-state index contributed by atoms with van der Waals surface area (Å²) in [6, 6.07) is 9.48. The van der Waals surface area contributed by atoms with E-state index in [1.807, 2.05) is 0 Å². The van der Waals surface area contributed by atoms with E-state index in [2.05, 4.69) is 4.98 Å². The van der Waals surface area contributed by atoms with Gasteiger partial charge in [0.2, 0.25) is 0 Å². The minimum atomic E-state index is -0.961. The van der Waals surface area contributed by atoms with Crippen molar-refractivity contribution in [2.24, 2.45) is 0 Å². The Morgan fingerprint density at radius 1 is 1.04 bits per heavy atom. The van der Waals surface area contributed by atoms with E-state index < -0.39 is 23.3 Å². The van der Waals surface area contributed by atoms with Crippen LogP contribution in [-0.2, 0) is 16.9 Å². The summed E-state index contributed by atoms with van der Waals surface area (Å²) >= 11 is 0. The number of ether oxygens (including phenoxy) is 1. The van der Waals surface area contributed by atoms with Crippen LogP contribution in [0.2, 0.25) is 0 Å². The zero-order valence-corrected chi connectivity index (χ0v) is 12.5. The highest BCUT2D eigenvalue weighted by Gasteiger charge is 2.60. The molecule has 24 heavy (non-hydrogen) atoms. The summed E-state index contributed by atoms with van der Waals surface area (Å²) in [4.78, 5) is 3.97. The summed E-state index contributed by atoms with van der Waals surface area (Å²) in [5.41, 5.74) is -0.413. The summed E-state index contributed by atoms with van der Waals surface area (Å²) < 4.78 is 49.1. The third-order valence-corrected chi connectivity index (χ3v) is 4.27. The second-order valence-electron chi connectivity index (χ2n) is 5.76. The highest BCUT2D eigenvalue weighted by atomic mass is 19.1. The highest BCUT2D eigenvalue weighted by Crippen LogP contribution is 2.59. The van der Waals surface area contributed by atoms with Crippen molar-refractivity contribution in [2.75, 3.05) is 0 Å². The van der Waals surface area contributed by atoms with Gasteiger partial charge in [-0.2, -0.15) is 0 Å². The quantitative estimate of drug-likeness (QED) is 0.678. The molecule has 1 saturated heterocycles. The Labute approximate surface area is 136 Å². The first-order valence-electron chi connectivity index (χ1n) is 7.44. The predicted molar refractivity (Wildman–Crippen MR) is 80.5 cm³/mol. The van der Waals surface area contributed by atoms with Crippen molar-refractivity contribution in [2.45, 2.75) is 18.2 Å². The molecule has 0 aliphatic carbocycles. The van der Waals surface area contributed by atoms with Gasteiger partial charge in [0.1, 0.15) is 29.2 Å². The van der Waals surface area contributed by atoms with E-state index in [1.165, 1.54) is 30.3 Å². The van der Waals surface area contributed by atoms with Crippen molar-refractivity contribution in [3.05, 3.63) is 89.8 Å². The number of hydrogen-bond acceptors (Lipinski definition) is 2. The molecule has 122 valence electrons. The molecule has 2 aromatic carbocycles. The topological polar surface area (TPSA) is 30.4 Å². The second kappa shape index (κ2) is 5.49. The van der Waals surface area contributed by atoms with Crippen LogP contribution < -0.4 is 0 Å². The Hall–Kier alpha value is -2.60. The van der Waals surface area contributed by atoms with E-state index >= 15 is 0 Å². The highest BCUT2D eigenvalue weighted by molar-refractivity contribution is 5.37. The fourth-order valence-electron chi connectivity index (χ4n) is 3.04. The van der Waals surface area contributed by atoms with E-state index in [1.54, 1.807) is 35.4 Å². The number of rotatable bonds is 4. The number of hydrogen-bond donors (Lipinski definition) is 0. The zero-order chi connectivity index (χ0) is 16.7. The Bertz CT molecular complexity index is 844. The van der Waals surface area contributed by atoms with Gasteiger partial charge in [-0.15, -0.1) is 0 Å². The van der Waals surface area contributed by atoms with Gasteiger partial charge in [-0.1, -0.05) is 18.2 Å². The lowest BCUT2D eigenvalue weighted by Gasteiger charge is -2.15. The molecule has 2 heterocycles. The molecule has 2 atom stereocenters. The smallest absolute Gasteiger partial charge is 0.142 e. The van der Waals surface area contributed by atoms with Crippen LogP contribution in [0.15, 0.2) is 61.2 Å². The fourth-order valence-corrected chi connectivity index (χ4v) is 3.04. The van der Waals surface area contributed by atoms with E-state index in [-0.39, 0.29) is 11.4 Å². The average Bonchev–Trinajstić information content (AvgIpc) is 3.02. The summed E-state index contributed by atoms with van der Waals surface area (Å²) in [5, 5.41) is 0. The first-order chi connectivity index (χ1) is 11.6. The van der Waals surface area contributed by atoms with Gasteiger partial charge in [0.25, 0.3) is 0 Å². The number of imidazole rings is 1. The van der Waals surface area contributed by atoms with Crippen molar-refractivity contribution < 1.29 is 17.9 Å². The van der Waals surface area contributed by atoms with Crippen LogP contribution in [0.3, 0.4) is 0 Å². The van der Waals surface area contributed by atoms with Gasteiger partial charge in [-0.05, 0) is 29.8 Å². The maximum atomic E-state index is 14.1. The van der Waals surface area contributed by atoms with Crippen LogP contribution in [0.25, 0.3) is 0 Å². The Balaban J connectivity index is 1.77. The summed E-state index contributed by atoms with van der Waals surface area (Å²) in [5.74, 6) is -1.70. The molecule has 1 aliphatic rings. The third kappa shape index (κ3) is 2.39. The van der Waals surface area contributed by atoms with Crippen LogP contribution in [-0.4, -0.2) is 9.55 Å². The first-order valence-corrected chi connectivity index (χ1v) is 7.44. The molecule has 0 unspecified atom stereocenters. The molecular formula is C18H13F3N2O. The van der Waals surface area contributed by atoms with Gasteiger partial charge in [0.15, 0.2) is 0 Å². The molecular weight excluding hydrogens is 317 g/mol. The van der Waals surface area contributed by atoms with Crippen LogP contribution >= 0.6 is 0 Å². The van der Waals surface area contributed by atoms with Gasteiger partial charge in [-0.25, -0.2) is 18.2 Å². The molecule has 0 bridgehead atoms. The molecule has 0 radical (unpaired) electrons. The third-order valence-electron chi connectivity index (χ3n) is 4.27. The number of halogens is 3. The summed E-state index contributed by atoms with van der Waals surface area (Å²) in [7, 11) is 0. The van der Waals surface area contributed by atoms with E-state index in [0.717, 1.165) is 0 Å². The molecule has 4 rings (SSSR count). The van der Waals surface area contributed by atoms with Gasteiger partial charge in [0, 0.05) is 12.4 Å². The largest absolute Gasteiger partial charge is 0.354 e. The molecule has 3 aromatic rings. The van der Waals surface area contributed by atoms with E-state index in [9.17, 15) is 13.2 Å². The van der Waals surface area contributed by atoms with Crippen LogP contribution in [0.4, 0.5) is 13.2 Å². The van der Waals surface area contributed by atoms with Crippen molar-refractivity contribution >= 4 is 0 Å². The average molecular weight is 330 g/mol. The molecule has 1 fully saturated rings. The number of aromatic nitrogens is 2. The maximum absolute atomic E-state index is 14.1. The predicted octanol–water partition coefficient (Wildman–Crippen LogP) is 3.97. The molecule has 6 heteroatoms. The van der Waals surface area contributed by atoms with Gasteiger partial charge < -0.3 is 9.30 Å². The minimum absolute atomic E-state index is 0.109. The minimum Gasteiger partial charge on any atom is -0.354 e. The number of epoxide rings is 1. The summed E-state index contributed by atoms with van der Waals surface area (Å²) in [6.07, 6.45) is 4.16. The Kier molecular flexibility index (Phi) is 3.42. The lowest BCUT2D eigenvalue weighted by atomic mass is 9.91. The van der Waals surface area contributed by atoms with Gasteiger partial charge in [-0.3, -0.25) is 0 Å². The first kappa shape index (κ1) is 15.0. The molecule has 1 aromatic heterocycles. The lowest BCUT2D eigenvalue weighted by molar-refractivity contribution is 0.268. The van der Waals surface area contributed by atoms with E-state index in [4.69, 9.17) is 4.74 Å². The van der Waals surface area contributed by atoms with Crippen LogP contribution in [0.5, 0.6) is 0 Å². The maximum Gasteiger partial charge on any atom is 0.142 e. The van der Waals surface area contributed by atoms with Crippen molar-refractivity contribution in [3.8, 4) is 0 Å². The Morgan fingerprint density at radius 3 is 2.38 bits per heavy atom. The van der Waals surface area contributed by atoms with E-state index in [0.29, 0.717) is 12.1 Å². The summed E-state index contributed by atoms with van der Waals surface area (Å²) in [6.45, 7) is 0.317. The molecule has 0 spiro atoms. The van der Waals surface area contributed by atoms with Crippen LogP contribution in [0, 0.1) is 17.5 Å². The SMILES string of the molecule is Fc1ccc([C@@]2(Cn3ccnc3)O[C@H]2c2c(F)cccc2F)cc1. The van der Waals surface area contributed by atoms with Crippen molar-refractivity contribution in [1.82, 2.24) is 9.55 Å². The number of nitrogens with zero attached hydrogens (tertiary/aromatic N) is 2.